The highest BCUT2D eigenvalue weighted by molar-refractivity contribution is 7.00. The zero-order valence-corrected chi connectivity index (χ0v) is 56.4. The van der Waals surface area contributed by atoms with Gasteiger partial charge in [0.2, 0.25) is 0 Å². The van der Waals surface area contributed by atoms with Gasteiger partial charge in [-0.3, -0.25) is 0 Å². The van der Waals surface area contributed by atoms with Gasteiger partial charge in [0.1, 0.15) is 22.3 Å². The standard InChI is InChI=1S/C98H57BN6O2/c1-101-65-46-52-87-81(56-65)71-30-12-16-42-85(71)103(87)67-48-50-83-89(58-67)105(96-69(63-27-9-4-10-28-63)34-20-36-75(96)79-40-22-38-77-73-32-14-18-44-93(73)107-98(77)79)91-55-64(61-23-5-2-6-24-61)54-90-94(91)99(83)82-49-47-66(102-84-41-15-11-29-70(84)80-53-60(59-100)45-51-86(80)102)57-88(82)104(90)95-68(62-25-7-3-8-26-62)33-19-35-74(95)78-39-21-37-76-72-31-13-17-43-92(72)106-97(76)78/h2-58H/i11D,12D,15D,16D,29D,30D,41D,42D,45D,46D,51D,52D,53D,56D. The topological polar surface area (TPSA) is 70.8 Å². The summed E-state index contributed by atoms with van der Waals surface area (Å²) in [5, 5.41) is 13.8. The van der Waals surface area contributed by atoms with Crippen molar-refractivity contribution < 1.29 is 28.0 Å². The molecular weight excluding hydrogens is 1300 g/mol. The van der Waals surface area contributed by atoms with Gasteiger partial charge in [0.15, 0.2) is 5.69 Å². The fourth-order valence-electron chi connectivity index (χ4n) is 16.8. The van der Waals surface area contributed by atoms with Gasteiger partial charge in [-0.15, -0.1) is 0 Å². The number of nitrogens with zero attached hydrogens (tertiary/aromatic N) is 6. The van der Waals surface area contributed by atoms with Crippen LogP contribution in [0.3, 0.4) is 0 Å². The number of anilines is 6. The van der Waals surface area contributed by atoms with Crippen LogP contribution in [0.5, 0.6) is 0 Å². The van der Waals surface area contributed by atoms with Gasteiger partial charge in [0.05, 0.1) is 68.1 Å². The average Bonchev–Trinajstić information content (AvgIpc) is 1.36. The van der Waals surface area contributed by atoms with E-state index in [9.17, 15) is 21.7 Å². The first-order valence-corrected chi connectivity index (χ1v) is 35.0. The van der Waals surface area contributed by atoms with E-state index in [1.807, 2.05) is 194 Å². The van der Waals surface area contributed by atoms with Crippen LogP contribution in [0.4, 0.5) is 39.8 Å². The van der Waals surface area contributed by atoms with E-state index in [2.05, 4.69) is 87.4 Å². The first-order chi connectivity index (χ1) is 58.9. The van der Waals surface area contributed by atoms with Crippen LogP contribution in [0, 0.1) is 17.9 Å². The van der Waals surface area contributed by atoms with Gasteiger partial charge >= 0.3 is 0 Å². The molecule has 8 nitrogen and oxygen atoms in total. The highest BCUT2D eigenvalue weighted by Gasteiger charge is 2.46. The van der Waals surface area contributed by atoms with Crippen molar-refractivity contribution in [2.45, 2.75) is 0 Å². The third-order valence-corrected chi connectivity index (χ3v) is 21.3. The van der Waals surface area contributed by atoms with Crippen molar-refractivity contribution in [3.8, 4) is 73.1 Å². The smallest absolute Gasteiger partial charge is 0.252 e. The van der Waals surface area contributed by atoms with E-state index in [0.717, 1.165) is 82.6 Å². The van der Waals surface area contributed by atoms with E-state index in [4.69, 9.17) is 18.1 Å². The first kappa shape index (κ1) is 47.5. The molecule has 16 aromatic carbocycles. The van der Waals surface area contributed by atoms with Gasteiger partial charge in [0.25, 0.3) is 6.71 Å². The van der Waals surface area contributed by atoms with Gasteiger partial charge < -0.3 is 27.8 Å². The number of hydrogen-bond donors (Lipinski definition) is 0. The third kappa shape index (κ3) is 8.96. The number of hydrogen-bond acceptors (Lipinski definition) is 5. The summed E-state index contributed by atoms with van der Waals surface area (Å²) in [5.74, 6) is 0. The summed E-state index contributed by atoms with van der Waals surface area (Å²) in [7, 11) is 0. The predicted octanol–water partition coefficient (Wildman–Crippen LogP) is 24.5. The monoisotopic (exact) mass is 1370 g/mol. The van der Waals surface area contributed by atoms with Crippen molar-refractivity contribution in [2.24, 2.45) is 0 Å². The minimum atomic E-state index is -0.851. The van der Waals surface area contributed by atoms with E-state index in [-0.39, 0.29) is 55.0 Å². The zero-order valence-electron chi connectivity index (χ0n) is 70.4. The van der Waals surface area contributed by atoms with Gasteiger partial charge in [-0.1, -0.05) is 255 Å². The number of nitriles is 1. The van der Waals surface area contributed by atoms with Crippen molar-refractivity contribution >= 4 is 150 Å². The highest BCUT2D eigenvalue weighted by Crippen LogP contribution is 2.56. The Bertz CT molecular complexity index is 7700. The Morgan fingerprint density at radius 2 is 0.785 bits per heavy atom. The Balaban J connectivity index is 0.952. The second-order valence-corrected chi connectivity index (χ2v) is 26.8. The zero-order chi connectivity index (χ0) is 82.7. The van der Waals surface area contributed by atoms with Crippen molar-refractivity contribution in [3.05, 3.63) is 362 Å². The summed E-state index contributed by atoms with van der Waals surface area (Å²) in [5.41, 5.74) is 15.2. The lowest BCUT2D eigenvalue weighted by molar-refractivity contribution is 0.669. The quantitative estimate of drug-likeness (QED) is 0.106. The van der Waals surface area contributed by atoms with Gasteiger partial charge in [0, 0.05) is 108 Å². The molecule has 22 rings (SSSR count). The fourth-order valence-corrected chi connectivity index (χ4v) is 16.8. The molecule has 6 heterocycles. The first-order valence-electron chi connectivity index (χ1n) is 42.0. The van der Waals surface area contributed by atoms with Crippen LogP contribution in [0.25, 0.3) is 159 Å². The molecule has 2 aliphatic rings. The molecule has 0 radical (unpaired) electrons. The highest BCUT2D eigenvalue weighted by atomic mass is 16.3. The predicted molar refractivity (Wildman–Crippen MR) is 442 cm³/mol. The molecule has 9 heteroatoms. The number of para-hydroxylation sites is 8. The maximum Gasteiger partial charge on any atom is 0.252 e. The van der Waals surface area contributed by atoms with Crippen molar-refractivity contribution in [1.82, 2.24) is 9.13 Å². The van der Waals surface area contributed by atoms with E-state index < -0.39 is 103 Å². The van der Waals surface area contributed by atoms with E-state index in [1.165, 1.54) is 9.13 Å². The van der Waals surface area contributed by atoms with Gasteiger partial charge in [-0.25, -0.2) is 4.85 Å². The molecule has 4 aromatic heterocycles. The van der Waals surface area contributed by atoms with Crippen LogP contribution in [0.2, 0.25) is 0 Å². The molecular formula is C98H57BN6O2. The molecule has 0 atom stereocenters. The summed E-state index contributed by atoms with van der Waals surface area (Å²) in [6.45, 7) is 7.43. The van der Waals surface area contributed by atoms with Crippen molar-refractivity contribution in [1.29, 1.82) is 5.26 Å². The lowest BCUT2D eigenvalue weighted by Gasteiger charge is -2.46. The SMILES string of the molecule is [2H]c1c([2H])c([2H])c2c(c1[2H])c1c([2H])c(C#N)c([2H])c([2H])c1n2-c1ccc2c(c1)N(c1c(-c3ccccc3)cccc1-c1cccc3c1oc1ccccc13)c1cc(-c3ccccc3)cc3c1B2c1ccc(-n2c4c([2H])c([2H])c([2H])c([2H])c4c4c([2H])c([N+]#[C-])c([2H])c([2H])c42)cc1N3c1c(-c2ccccc2)cccc1-c1cccc2c1oc1ccccc12. The molecule has 0 aliphatic carbocycles. The van der Waals surface area contributed by atoms with Crippen LogP contribution < -0.4 is 26.2 Å². The maximum absolute atomic E-state index is 10.7. The van der Waals surface area contributed by atoms with E-state index in [1.54, 1.807) is 0 Å². The van der Waals surface area contributed by atoms with E-state index >= 15 is 0 Å². The lowest BCUT2D eigenvalue weighted by Crippen LogP contribution is -2.61. The second-order valence-electron chi connectivity index (χ2n) is 26.8. The molecule has 0 spiro atoms. The van der Waals surface area contributed by atoms with Crippen LogP contribution >= 0.6 is 0 Å². The van der Waals surface area contributed by atoms with Crippen LogP contribution in [0.1, 0.15) is 24.8 Å². The van der Waals surface area contributed by atoms with E-state index in [0.29, 0.717) is 67.4 Å². The van der Waals surface area contributed by atoms with Gasteiger partial charge in [-0.05, 0) is 135 Å². The molecule has 0 bridgehead atoms. The van der Waals surface area contributed by atoms with Crippen LogP contribution in [-0.2, 0) is 0 Å². The fraction of sp³-hybridized carbons (Fsp3) is 0. The average molecular weight is 1380 g/mol. The minimum absolute atomic E-state index is 0.0927. The van der Waals surface area contributed by atoms with Gasteiger partial charge in [-0.2, -0.15) is 5.26 Å². The summed E-state index contributed by atoms with van der Waals surface area (Å²) in [6, 6.07) is 80.9. The molecule has 0 saturated heterocycles. The molecule has 20 aromatic rings. The Kier molecular flexibility index (Phi) is 10.4. The normalized spacial score (nSPS) is 14.2. The Hall–Kier alpha value is -14.6. The van der Waals surface area contributed by atoms with Crippen LogP contribution in [-0.4, -0.2) is 15.8 Å². The van der Waals surface area contributed by atoms with Crippen LogP contribution in [0.15, 0.2) is 354 Å². The molecule has 494 valence electrons. The third-order valence-electron chi connectivity index (χ3n) is 21.3. The molecule has 2 aliphatic heterocycles. The minimum Gasteiger partial charge on any atom is -0.455 e. The second kappa shape index (κ2) is 23.5. The maximum atomic E-state index is 10.7. The molecule has 0 fully saturated rings. The molecule has 0 saturated carbocycles. The summed E-state index contributed by atoms with van der Waals surface area (Å²) < 4.78 is 152. The van der Waals surface area contributed by atoms with Crippen molar-refractivity contribution in [3.63, 3.8) is 0 Å². The van der Waals surface area contributed by atoms with Crippen molar-refractivity contribution in [2.75, 3.05) is 9.80 Å². The molecule has 0 unspecified atom stereocenters. The Morgan fingerprint density at radius 3 is 1.30 bits per heavy atom. The number of rotatable bonds is 9. The summed E-state index contributed by atoms with van der Waals surface area (Å²) >= 11 is 0. The number of furan rings is 2. The summed E-state index contributed by atoms with van der Waals surface area (Å²) in [6.07, 6.45) is 0. The molecule has 107 heavy (non-hydrogen) atoms. The Labute approximate surface area is 635 Å². The summed E-state index contributed by atoms with van der Waals surface area (Å²) in [4.78, 5) is 8.11. The number of benzene rings is 16. The number of aromatic nitrogens is 2. The molecule has 0 N–H and O–H groups in total. The number of fused-ring (bicyclic) bond motifs is 16. The largest absolute Gasteiger partial charge is 0.455 e. The molecule has 0 amide bonds. The lowest BCUT2D eigenvalue weighted by atomic mass is 9.33. The Morgan fingerprint density at radius 1 is 0.355 bits per heavy atom.